The van der Waals surface area contributed by atoms with Crippen molar-refractivity contribution >= 4 is 5.95 Å². The van der Waals surface area contributed by atoms with Crippen LogP contribution in [0.1, 0.15) is 5.82 Å². The van der Waals surface area contributed by atoms with Crippen molar-refractivity contribution in [3.05, 3.63) is 48.7 Å². The summed E-state index contributed by atoms with van der Waals surface area (Å²) in [5, 5.41) is 4.03. The van der Waals surface area contributed by atoms with Crippen LogP contribution >= 0.6 is 0 Å². The lowest BCUT2D eigenvalue weighted by molar-refractivity contribution is 0.0389. The highest BCUT2D eigenvalue weighted by Gasteiger charge is 2.24. The van der Waals surface area contributed by atoms with Crippen LogP contribution in [0.25, 0.3) is 11.6 Å². The van der Waals surface area contributed by atoms with Crippen LogP contribution in [0.2, 0.25) is 0 Å². The molecular formula is C16H16N6O2. The number of rotatable bonds is 4. The van der Waals surface area contributed by atoms with E-state index in [4.69, 9.17) is 9.26 Å². The van der Waals surface area contributed by atoms with Crippen LogP contribution in [0.5, 0.6) is 0 Å². The van der Waals surface area contributed by atoms with E-state index in [-0.39, 0.29) is 6.10 Å². The van der Waals surface area contributed by atoms with Crippen LogP contribution in [0.3, 0.4) is 0 Å². The molecule has 0 amide bonds. The quantitative estimate of drug-likeness (QED) is 0.711. The average molecular weight is 324 g/mol. The summed E-state index contributed by atoms with van der Waals surface area (Å²) in [6.45, 7) is 2.08. The summed E-state index contributed by atoms with van der Waals surface area (Å²) in [6, 6.07) is 7.37. The predicted molar refractivity (Wildman–Crippen MR) is 85.2 cm³/mol. The molecule has 0 N–H and O–H groups in total. The number of aromatic nitrogens is 5. The summed E-state index contributed by atoms with van der Waals surface area (Å²) in [5.41, 5.74) is 0.667. The molecule has 3 aromatic rings. The highest BCUT2D eigenvalue weighted by molar-refractivity contribution is 5.45. The van der Waals surface area contributed by atoms with Gasteiger partial charge in [-0.05, 0) is 18.2 Å². The van der Waals surface area contributed by atoms with E-state index in [1.807, 2.05) is 18.2 Å². The fourth-order valence-electron chi connectivity index (χ4n) is 2.61. The smallest absolute Gasteiger partial charge is 0.276 e. The predicted octanol–water partition coefficient (Wildman–Crippen LogP) is 1.37. The molecule has 24 heavy (non-hydrogen) atoms. The number of hydrogen-bond donors (Lipinski definition) is 0. The molecule has 0 radical (unpaired) electrons. The molecule has 3 aromatic heterocycles. The molecule has 0 spiro atoms. The van der Waals surface area contributed by atoms with Crippen molar-refractivity contribution in [3.63, 3.8) is 0 Å². The van der Waals surface area contributed by atoms with E-state index in [2.05, 4.69) is 30.0 Å². The molecule has 4 heterocycles. The Morgan fingerprint density at radius 2 is 1.96 bits per heavy atom. The van der Waals surface area contributed by atoms with Crippen LogP contribution in [-0.4, -0.2) is 50.9 Å². The van der Waals surface area contributed by atoms with Gasteiger partial charge in [0.15, 0.2) is 5.82 Å². The molecular weight excluding hydrogens is 308 g/mol. The van der Waals surface area contributed by atoms with Crippen LogP contribution in [0.15, 0.2) is 47.4 Å². The number of hydrogen-bond acceptors (Lipinski definition) is 8. The molecule has 8 nitrogen and oxygen atoms in total. The van der Waals surface area contributed by atoms with Gasteiger partial charge in [-0.2, -0.15) is 4.98 Å². The van der Waals surface area contributed by atoms with Gasteiger partial charge in [0.05, 0.1) is 12.7 Å². The molecule has 0 bridgehead atoms. The van der Waals surface area contributed by atoms with Gasteiger partial charge in [-0.25, -0.2) is 9.97 Å². The second kappa shape index (κ2) is 6.71. The third kappa shape index (κ3) is 3.23. The Labute approximate surface area is 138 Å². The van der Waals surface area contributed by atoms with Crippen LogP contribution in [0, 0.1) is 0 Å². The van der Waals surface area contributed by atoms with Crippen LogP contribution < -0.4 is 4.90 Å². The average Bonchev–Trinajstić information content (AvgIpc) is 3.12. The van der Waals surface area contributed by atoms with Crippen molar-refractivity contribution in [1.29, 1.82) is 0 Å². The summed E-state index contributed by atoms with van der Waals surface area (Å²) in [6.07, 6.45) is 5.72. The SMILES string of the molecule is c1ccc(-c2nc(C[C@H]3CN(c4ncccn4)CCO3)no2)nc1. The van der Waals surface area contributed by atoms with Crippen molar-refractivity contribution in [2.75, 3.05) is 24.6 Å². The first-order valence-electron chi connectivity index (χ1n) is 7.76. The van der Waals surface area contributed by atoms with Gasteiger partial charge in [-0.1, -0.05) is 11.2 Å². The maximum Gasteiger partial charge on any atom is 0.276 e. The first-order valence-corrected chi connectivity index (χ1v) is 7.76. The Kier molecular flexibility index (Phi) is 4.11. The number of anilines is 1. The lowest BCUT2D eigenvalue weighted by Crippen LogP contribution is -2.44. The lowest BCUT2D eigenvalue weighted by atomic mass is 10.2. The van der Waals surface area contributed by atoms with E-state index < -0.39 is 0 Å². The molecule has 1 fully saturated rings. The monoisotopic (exact) mass is 324 g/mol. The lowest BCUT2D eigenvalue weighted by Gasteiger charge is -2.32. The molecule has 8 heteroatoms. The van der Waals surface area contributed by atoms with Crippen molar-refractivity contribution in [2.24, 2.45) is 0 Å². The molecule has 1 saturated heterocycles. The van der Waals surface area contributed by atoms with E-state index in [0.717, 1.165) is 6.54 Å². The van der Waals surface area contributed by atoms with Gasteiger partial charge >= 0.3 is 0 Å². The summed E-state index contributed by atoms with van der Waals surface area (Å²) in [5.74, 6) is 1.74. The second-order valence-electron chi connectivity index (χ2n) is 5.42. The molecule has 0 unspecified atom stereocenters. The Hall–Kier alpha value is -2.87. The minimum Gasteiger partial charge on any atom is -0.374 e. The van der Waals surface area contributed by atoms with E-state index in [1.54, 1.807) is 24.7 Å². The fraction of sp³-hybridized carbons (Fsp3) is 0.312. The van der Waals surface area contributed by atoms with Gasteiger partial charge in [0.25, 0.3) is 5.89 Å². The van der Waals surface area contributed by atoms with Crippen LogP contribution in [0.4, 0.5) is 5.95 Å². The van der Waals surface area contributed by atoms with Crippen LogP contribution in [-0.2, 0) is 11.2 Å². The number of ether oxygens (including phenoxy) is 1. The molecule has 4 rings (SSSR count). The van der Waals surface area contributed by atoms with Gasteiger partial charge in [0, 0.05) is 38.1 Å². The van der Waals surface area contributed by atoms with Crippen molar-refractivity contribution in [2.45, 2.75) is 12.5 Å². The van der Waals surface area contributed by atoms with Gasteiger partial charge in [0.2, 0.25) is 5.95 Å². The third-order valence-electron chi connectivity index (χ3n) is 3.74. The molecule has 1 aliphatic rings. The van der Waals surface area contributed by atoms with E-state index >= 15 is 0 Å². The van der Waals surface area contributed by atoms with E-state index in [1.165, 1.54) is 0 Å². The Balaban J connectivity index is 1.43. The number of pyridine rings is 1. The normalized spacial score (nSPS) is 17.8. The maximum absolute atomic E-state index is 5.81. The minimum atomic E-state index is -0.0308. The topological polar surface area (TPSA) is 90.1 Å². The molecule has 0 aliphatic carbocycles. The third-order valence-corrected chi connectivity index (χ3v) is 3.74. The first-order chi connectivity index (χ1) is 11.9. The first kappa shape index (κ1) is 14.7. The summed E-state index contributed by atoms with van der Waals surface area (Å²) >= 11 is 0. The zero-order valence-electron chi connectivity index (χ0n) is 12.9. The summed E-state index contributed by atoms with van der Waals surface area (Å²) in [4.78, 5) is 19.3. The standard InChI is InChI=1S/C16H16N6O2/c1-2-5-17-13(4-1)15-20-14(21-24-15)10-12-11-22(8-9-23-12)16-18-6-3-7-19-16/h1-7,12H,8-11H2/t12-/m0/s1. The number of nitrogens with zero attached hydrogens (tertiary/aromatic N) is 6. The van der Waals surface area contributed by atoms with Gasteiger partial charge < -0.3 is 14.2 Å². The fourth-order valence-corrected chi connectivity index (χ4v) is 2.61. The van der Waals surface area contributed by atoms with Gasteiger partial charge in [-0.15, -0.1) is 0 Å². The number of morpholine rings is 1. The largest absolute Gasteiger partial charge is 0.374 e. The zero-order valence-corrected chi connectivity index (χ0v) is 12.9. The maximum atomic E-state index is 5.81. The minimum absolute atomic E-state index is 0.0308. The zero-order chi connectivity index (χ0) is 16.2. The van der Waals surface area contributed by atoms with E-state index in [9.17, 15) is 0 Å². The molecule has 1 atom stereocenters. The highest BCUT2D eigenvalue weighted by atomic mass is 16.5. The van der Waals surface area contributed by atoms with E-state index in [0.29, 0.717) is 42.9 Å². The Morgan fingerprint density at radius 3 is 2.79 bits per heavy atom. The molecule has 0 aromatic carbocycles. The summed E-state index contributed by atoms with van der Waals surface area (Å²) < 4.78 is 11.1. The van der Waals surface area contributed by atoms with Gasteiger partial charge in [0.1, 0.15) is 5.69 Å². The van der Waals surface area contributed by atoms with Crippen molar-refractivity contribution < 1.29 is 9.26 Å². The molecule has 0 saturated carbocycles. The molecule has 1 aliphatic heterocycles. The van der Waals surface area contributed by atoms with Gasteiger partial charge in [-0.3, -0.25) is 4.98 Å². The Morgan fingerprint density at radius 1 is 1.08 bits per heavy atom. The Bertz CT molecular complexity index is 780. The van der Waals surface area contributed by atoms with Crippen molar-refractivity contribution in [1.82, 2.24) is 25.1 Å². The second-order valence-corrected chi connectivity index (χ2v) is 5.42. The highest BCUT2D eigenvalue weighted by Crippen LogP contribution is 2.17. The van der Waals surface area contributed by atoms with Crippen molar-refractivity contribution in [3.8, 4) is 11.6 Å². The molecule has 122 valence electrons. The summed E-state index contributed by atoms with van der Waals surface area (Å²) in [7, 11) is 0.